The van der Waals surface area contributed by atoms with Gasteiger partial charge in [0.1, 0.15) is 18.0 Å². The molecule has 0 radical (unpaired) electrons. The van der Waals surface area contributed by atoms with E-state index in [-0.39, 0.29) is 18.6 Å². The molecule has 0 amide bonds. The zero-order valence-corrected chi connectivity index (χ0v) is 24.3. The van der Waals surface area contributed by atoms with Crippen molar-refractivity contribution >= 4 is 11.8 Å². The van der Waals surface area contributed by atoms with Gasteiger partial charge in [0.05, 0.1) is 41.5 Å². The maximum Gasteiger partial charge on any atom is 0.311 e. The van der Waals surface area contributed by atoms with Gasteiger partial charge in [-0.05, 0) is 40.5 Å². The summed E-state index contributed by atoms with van der Waals surface area (Å²) in [4.78, 5) is 26.5. The maximum absolute atomic E-state index is 13.4. The third-order valence-electron chi connectivity index (χ3n) is 8.82. The van der Waals surface area contributed by atoms with Crippen molar-refractivity contribution in [1.82, 2.24) is 0 Å². The van der Waals surface area contributed by atoms with Crippen LogP contribution < -0.4 is 0 Å². The Morgan fingerprint density at radius 3 is 1.95 bits per heavy atom. The summed E-state index contributed by atoms with van der Waals surface area (Å²) in [5.74, 6) is -4.59. The van der Waals surface area contributed by atoms with Crippen molar-refractivity contribution in [1.29, 1.82) is 0 Å². The molecule has 0 unspecified atom stereocenters. The predicted molar refractivity (Wildman–Crippen MR) is 139 cm³/mol. The van der Waals surface area contributed by atoms with Crippen LogP contribution in [0.3, 0.4) is 0 Å². The maximum atomic E-state index is 13.4. The van der Waals surface area contributed by atoms with Gasteiger partial charge in [0, 0.05) is 30.1 Å². The topological polar surface area (TPSA) is 163 Å². The van der Waals surface area contributed by atoms with Crippen LogP contribution in [0.15, 0.2) is 0 Å². The van der Waals surface area contributed by atoms with Gasteiger partial charge in [-0.1, -0.05) is 34.6 Å². The molecule has 0 bridgehead atoms. The van der Waals surface area contributed by atoms with Gasteiger partial charge in [0.2, 0.25) is 0 Å². The number of ketones is 1. The van der Waals surface area contributed by atoms with Gasteiger partial charge in [-0.25, -0.2) is 0 Å². The van der Waals surface area contributed by atoms with E-state index in [2.05, 4.69) is 0 Å². The standard InChI is InChI=1S/C28H50O10/c1-10-19-14(3)22(30)15(4)21(29)13(2)11-27(8,34)24(31)16(5)23(17(6)26(33)37-19)38-20-12-28(9,35)25(32)18(7)36-20/h13-20,22-25,30-32,34-35H,10-12H2,1-9H3/t13-,14+,15-,16-,17+,18+,19-,20-,22+,23+,24-,25-,27-,28-/m1/s1. The van der Waals surface area contributed by atoms with Crippen LogP contribution in [0.2, 0.25) is 0 Å². The number of aliphatic hydroxyl groups excluding tert-OH is 3. The minimum atomic E-state index is -1.73. The second-order valence-corrected chi connectivity index (χ2v) is 12.4. The highest BCUT2D eigenvalue weighted by molar-refractivity contribution is 5.83. The average molecular weight is 547 g/mol. The Labute approximate surface area is 226 Å². The van der Waals surface area contributed by atoms with Crippen molar-refractivity contribution in [2.75, 3.05) is 0 Å². The van der Waals surface area contributed by atoms with Crippen molar-refractivity contribution in [3.8, 4) is 0 Å². The molecule has 0 spiro atoms. The molecule has 2 fully saturated rings. The quantitative estimate of drug-likeness (QED) is 0.328. The summed E-state index contributed by atoms with van der Waals surface area (Å²) in [6.45, 7) is 14.6. The first-order chi connectivity index (χ1) is 17.3. The fraction of sp³-hybridized carbons (Fsp3) is 0.929. The number of carbonyl (C=O) groups is 2. The molecule has 222 valence electrons. The van der Waals surface area contributed by atoms with Crippen LogP contribution >= 0.6 is 0 Å². The van der Waals surface area contributed by atoms with E-state index in [9.17, 15) is 35.1 Å². The van der Waals surface area contributed by atoms with Gasteiger partial charge in [0.25, 0.3) is 0 Å². The number of cyclic esters (lactones) is 1. The van der Waals surface area contributed by atoms with Crippen LogP contribution in [0.5, 0.6) is 0 Å². The van der Waals surface area contributed by atoms with Gasteiger partial charge >= 0.3 is 5.97 Å². The first-order valence-corrected chi connectivity index (χ1v) is 13.9. The molecule has 0 aromatic rings. The van der Waals surface area contributed by atoms with E-state index in [1.807, 2.05) is 6.92 Å². The molecule has 0 aromatic carbocycles. The van der Waals surface area contributed by atoms with E-state index in [0.29, 0.717) is 6.42 Å². The number of carbonyl (C=O) groups excluding carboxylic acids is 2. The molecular weight excluding hydrogens is 496 g/mol. The van der Waals surface area contributed by atoms with E-state index in [1.54, 1.807) is 41.5 Å². The summed E-state index contributed by atoms with van der Waals surface area (Å²) in [6.07, 6.45) is -6.81. The Morgan fingerprint density at radius 1 is 0.868 bits per heavy atom. The largest absolute Gasteiger partial charge is 0.462 e. The normalized spacial score (nSPS) is 50.3. The molecule has 5 N–H and O–H groups in total. The summed E-state index contributed by atoms with van der Waals surface area (Å²) in [5.41, 5.74) is -3.24. The Morgan fingerprint density at radius 2 is 1.42 bits per heavy atom. The predicted octanol–water partition coefficient (Wildman–Crippen LogP) is 1.57. The molecule has 2 rings (SSSR count). The van der Waals surface area contributed by atoms with Crippen LogP contribution in [0, 0.1) is 29.6 Å². The van der Waals surface area contributed by atoms with Crippen LogP contribution in [0.4, 0.5) is 0 Å². The lowest BCUT2D eigenvalue weighted by molar-refractivity contribution is -0.295. The Balaban J connectivity index is 2.49. The van der Waals surface area contributed by atoms with Gasteiger partial charge in [-0.2, -0.15) is 0 Å². The zero-order valence-electron chi connectivity index (χ0n) is 24.3. The second-order valence-electron chi connectivity index (χ2n) is 12.4. The Kier molecular flexibility index (Phi) is 10.9. The molecular formula is C28H50O10. The summed E-state index contributed by atoms with van der Waals surface area (Å²) in [5, 5.41) is 54.5. The molecule has 0 aromatic heterocycles. The van der Waals surface area contributed by atoms with Crippen LogP contribution in [-0.4, -0.2) is 91.4 Å². The van der Waals surface area contributed by atoms with E-state index in [4.69, 9.17) is 14.2 Å². The number of hydrogen-bond acceptors (Lipinski definition) is 10. The number of aliphatic hydroxyl groups is 5. The monoisotopic (exact) mass is 546 g/mol. The molecule has 2 aliphatic heterocycles. The smallest absolute Gasteiger partial charge is 0.311 e. The average Bonchev–Trinajstić information content (AvgIpc) is 2.84. The van der Waals surface area contributed by atoms with Crippen molar-refractivity contribution in [3.05, 3.63) is 0 Å². The van der Waals surface area contributed by atoms with E-state index in [1.165, 1.54) is 13.8 Å². The van der Waals surface area contributed by atoms with Crippen molar-refractivity contribution in [2.24, 2.45) is 29.6 Å². The molecule has 38 heavy (non-hydrogen) atoms. The lowest BCUT2D eigenvalue weighted by Crippen LogP contribution is -2.57. The second kappa shape index (κ2) is 12.6. The fourth-order valence-electron chi connectivity index (χ4n) is 6.11. The number of ether oxygens (including phenoxy) is 3. The van der Waals surface area contributed by atoms with E-state index < -0.39 is 89.7 Å². The van der Waals surface area contributed by atoms with Crippen LogP contribution in [0.1, 0.15) is 81.6 Å². The van der Waals surface area contributed by atoms with E-state index >= 15 is 0 Å². The Hall–Kier alpha value is -1.14. The van der Waals surface area contributed by atoms with Crippen molar-refractivity contribution in [3.63, 3.8) is 0 Å². The zero-order chi connectivity index (χ0) is 29.3. The van der Waals surface area contributed by atoms with Crippen LogP contribution in [0.25, 0.3) is 0 Å². The lowest BCUT2D eigenvalue weighted by atomic mass is 9.75. The summed E-state index contributed by atoms with van der Waals surface area (Å²) < 4.78 is 17.8. The molecule has 0 saturated carbocycles. The molecule has 0 aliphatic carbocycles. The third kappa shape index (κ3) is 7.13. The fourth-order valence-corrected chi connectivity index (χ4v) is 6.11. The Bertz CT molecular complexity index is 813. The molecule has 10 heteroatoms. The number of esters is 1. The van der Waals surface area contributed by atoms with Crippen molar-refractivity contribution < 1.29 is 49.3 Å². The first kappa shape index (κ1) is 33.1. The number of Topliss-reactive ketones (excluding diaryl/α,β-unsaturated/α-hetero) is 1. The number of rotatable bonds is 3. The highest BCUT2D eigenvalue weighted by Crippen LogP contribution is 2.37. The lowest BCUT2D eigenvalue weighted by Gasteiger charge is -2.45. The third-order valence-corrected chi connectivity index (χ3v) is 8.82. The van der Waals surface area contributed by atoms with Gasteiger partial charge in [-0.15, -0.1) is 0 Å². The summed E-state index contributed by atoms with van der Waals surface area (Å²) in [7, 11) is 0. The van der Waals surface area contributed by atoms with Gasteiger partial charge in [-0.3, -0.25) is 9.59 Å². The number of hydrogen-bond donors (Lipinski definition) is 5. The molecule has 2 saturated heterocycles. The minimum absolute atomic E-state index is 0.0661. The summed E-state index contributed by atoms with van der Waals surface area (Å²) in [6, 6.07) is 0. The molecule has 10 nitrogen and oxygen atoms in total. The molecule has 2 aliphatic rings. The molecule has 2 heterocycles. The highest BCUT2D eigenvalue weighted by Gasteiger charge is 2.49. The highest BCUT2D eigenvalue weighted by atomic mass is 16.7. The SMILES string of the molecule is CC[C@H]1OC(=O)[C@@H](C)[C@@H](O[C@@H]2C[C@@](C)(O)[C@H](O)[C@H](C)O2)[C@@H](C)[C@@H](O)[C@](C)(O)C[C@@H](C)C(=O)[C@@H](C)[C@@H](O)[C@H]1C. The van der Waals surface area contributed by atoms with Gasteiger partial charge in [0.15, 0.2) is 6.29 Å². The van der Waals surface area contributed by atoms with Crippen molar-refractivity contribution in [2.45, 2.75) is 136 Å². The van der Waals surface area contributed by atoms with Crippen LogP contribution in [-0.2, 0) is 23.8 Å². The first-order valence-electron chi connectivity index (χ1n) is 13.9. The minimum Gasteiger partial charge on any atom is -0.462 e. The van der Waals surface area contributed by atoms with E-state index in [0.717, 1.165) is 0 Å². The summed E-state index contributed by atoms with van der Waals surface area (Å²) >= 11 is 0. The van der Waals surface area contributed by atoms with Gasteiger partial charge < -0.3 is 39.7 Å². The molecule has 14 atom stereocenters.